The number of nitrogens with zero attached hydrogens (tertiary/aromatic N) is 2. The first-order valence-electron chi connectivity index (χ1n) is 9.10. The van der Waals surface area contributed by atoms with Crippen molar-refractivity contribution < 1.29 is 4.79 Å². The van der Waals surface area contributed by atoms with E-state index in [-0.39, 0.29) is 5.78 Å². The van der Waals surface area contributed by atoms with E-state index in [4.69, 9.17) is 5.73 Å². The number of aryl methyl sites for hydroxylation is 2. The number of rotatable bonds is 5. The summed E-state index contributed by atoms with van der Waals surface area (Å²) in [6, 6.07) is 12.1. The van der Waals surface area contributed by atoms with E-state index < -0.39 is 0 Å². The van der Waals surface area contributed by atoms with Gasteiger partial charge in [-0.3, -0.25) is 4.79 Å². The zero-order valence-electron chi connectivity index (χ0n) is 15.5. The molecule has 27 heavy (non-hydrogen) atoms. The van der Waals surface area contributed by atoms with Gasteiger partial charge in [0.25, 0.3) is 0 Å². The fourth-order valence-corrected chi connectivity index (χ4v) is 3.55. The highest BCUT2D eigenvalue weighted by molar-refractivity contribution is 6.42. The minimum absolute atomic E-state index is 0.0956. The lowest BCUT2D eigenvalue weighted by molar-refractivity contribution is -0.113. The number of fused-ring (bicyclic) bond motifs is 1. The molecule has 0 aliphatic carbocycles. The number of ketones is 1. The zero-order chi connectivity index (χ0) is 19.0. The summed E-state index contributed by atoms with van der Waals surface area (Å²) in [4.78, 5) is 24.6. The van der Waals surface area contributed by atoms with Crippen molar-refractivity contribution in [2.24, 2.45) is 4.99 Å². The van der Waals surface area contributed by atoms with E-state index in [1.807, 2.05) is 19.1 Å². The Morgan fingerprint density at radius 2 is 2.04 bits per heavy atom. The quantitative estimate of drug-likeness (QED) is 0.716. The molecule has 2 aromatic heterocycles. The number of hydrogen-bond donors (Lipinski definition) is 2. The maximum absolute atomic E-state index is 12.6. The minimum atomic E-state index is 0.0956. The van der Waals surface area contributed by atoms with Crippen molar-refractivity contribution in [2.75, 3.05) is 5.73 Å². The van der Waals surface area contributed by atoms with Crippen molar-refractivity contribution in [1.82, 2.24) is 9.97 Å². The molecule has 0 saturated carbocycles. The molecule has 0 fully saturated rings. The smallest absolute Gasteiger partial charge is 0.177 e. The SMILES string of the molecule is CC1=C(c2ccc3[nH]c(C)cc3c2)N=C(C(=O)CCc2ccnc(N)c2)C1. The molecule has 1 aliphatic rings. The fourth-order valence-electron chi connectivity index (χ4n) is 3.55. The van der Waals surface area contributed by atoms with Crippen molar-refractivity contribution in [1.29, 1.82) is 0 Å². The summed E-state index contributed by atoms with van der Waals surface area (Å²) in [5.74, 6) is 0.576. The predicted octanol–water partition coefficient (Wildman–Crippen LogP) is 4.23. The van der Waals surface area contributed by atoms with E-state index in [1.54, 1.807) is 6.20 Å². The number of H-pyrrole nitrogens is 1. The first-order chi connectivity index (χ1) is 13.0. The second-order valence-electron chi connectivity index (χ2n) is 7.13. The van der Waals surface area contributed by atoms with Crippen LogP contribution in [0.1, 0.15) is 36.6 Å². The van der Waals surface area contributed by atoms with E-state index in [9.17, 15) is 4.79 Å². The average molecular weight is 358 g/mol. The number of anilines is 1. The van der Waals surface area contributed by atoms with Gasteiger partial charge in [0.05, 0.1) is 11.4 Å². The maximum Gasteiger partial charge on any atom is 0.177 e. The van der Waals surface area contributed by atoms with Crippen LogP contribution in [0.5, 0.6) is 0 Å². The maximum atomic E-state index is 12.6. The number of aromatic nitrogens is 2. The van der Waals surface area contributed by atoms with Crippen LogP contribution in [0.25, 0.3) is 16.6 Å². The minimum Gasteiger partial charge on any atom is -0.384 e. The summed E-state index contributed by atoms with van der Waals surface area (Å²) >= 11 is 0. The fraction of sp³-hybridized carbons (Fsp3) is 0.227. The van der Waals surface area contributed by atoms with Gasteiger partial charge in [-0.25, -0.2) is 9.98 Å². The lowest BCUT2D eigenvalue weighted by Gasteiger charge is -2.02. The number of allylic oxidation sites excluding steroid dienone is 1. The van der Waals surface area contributed by atoms with E-state index in [0.29, 0.717) is 30.8 Å². The highest BCUT2D eigenvalue weighted by Crippen LogP contribution is 2.31. The lowest BCUT2D eigenvalue weighted by atomic mass is 10.0. The molecule has 0 unspecified atom stereocenters. The Morgan fingerprint density at radius 3 is 2.85 bits per heavy atom. The van der Waals surface area contributed by atoms with Gasteiger partial charge in [-0.15, -0.1) is 0 Å². The van der Waals surface area contributed by atoms with Gasteiger partial charge in [-0.1, -0.05) is 6.07 Å². The van der Waals surface area contributed by atoms with Crippen LogP contribution in [-0.4, -0.2) is 21.5 Å². The molecule has 0 atom stereocenters. The largest absolute Gasteiger partial charge is 0.384 e. The monoisotopic (exact) mass is 358 g/mol. The van der Waals surface area contributed by atoms with E-state index in [0.717, 1.165) is 39.0 Å². The molecule has 136 valence electrons. The van der Waals surface area contributed by atoms with Gasteiger partial charge in [0.2, 0.25) is 0 Å². The number of carbonyl (C=O) groups excluding carboxylic acids is 1. The van der Waals surface area contributed by atoms with Gasteiger partial charge in [-0.2, -0.15) is 0 Å². The van der Waals surface area contributed by atoms with Crippen molar-refractivity contribution in [3.8, 4) is 0 Å². The molecule has 4 rings (SSSR count). The van der Waals surface area contributed by atoms with Crippen molar-refractivity contribution in [3.63, 3.8) is 0 Å². The molecule has 1 aromatic carbocycles. The number of carbonyl (C=O) groups is 1. The van der Waals surface area contributed by atoms with Gasteiger partial charge < -0.3 is 10.7 Å². The Kier molecular flexibility index (Phi) is 4.36. The third-order valence-corrected chi connectivity index (χ3v) is 4.92. The van der Waals surface area contributed by atoms with E-state index in [2.05, 4.69) is 46.1 Å². The number of nitrogens with two attached hydrogens (primary N) is 1. The number of pyridine rings is 1. The Bertz CT molecular complexity index is 1100. The molecule has 5 heteroatoms. The third kappa shape index (κ3) is 3.53. The summed E-state index contributed by atoms with van der Waals surface area (Å²) in [6.45, 7) is 4.10. The lowest BCUT2D eigenvalue weighted by Crippen LogP contribution is -2.13. The molecule has 0 bridgehead atoms. The topological polar surface area (TPSA) is 84.1 Å². The number of hydrogen-bond acceptors (Lipinski definition) is 4. The Hall–Kier alpha value is -3.21. The molecule has 5 nitrogen and oxygen atoms in total. The Balaban J connectivity index is 1.51. The predicted molar refractivity (Wildman–Crippen MR) is 110 cm³/mol. The van der Waals surface area contributed by atoms with Gasteiger partial charge in [-0.05, 0) is 61.7 Å². The van der Waals surface area contributed by atoms with E-state index >= 15 is 0 Å². The molecule has 0 radical (unpaired) electrons. The third-order valence-electron chi connectivity index (χ3n) is 4.92. The Morgan fingerprint density at radius 1 is 1.19 bits per heavy atom. The van der Waals surface area contributed by atoms with Crippen LogP contribution in [0, 0.1) is 6.92 Å². The normalized spacial score (nSPS) is 14.1. The molecular weight excluding hydrogens is 336 g/mol. The second kappa shape index (κ2) is 6.83. The van der Waals surface area contributed by atoms with Crippen molar-refractivity contribution in [2.45, 2.75) is 33.1 Å². The standard InChI is InChI=1S/C22H22N4O/c1-13-9-19(20(27)6-3-15-7-8-24-21(23)11-15)26-22(13)16-4-5-18-17(12-16)10-14(2)25-18/h4-5,7-8,10-12,25H,3,6,9H2,1-2H3,(H2,23,24). The number of nitrogens with one attached hydrogen (secondary N) is 1. The highest BCUT2D eigenvalue weighted by Gasteiger charge is 2.21. The number of nitrogen functional groups attached to an aromatic ring is 1. The summed E-state index contributed by atoms with van der Waals surface area (Å²) < 4.78 is 0. The average Bonchev–Trinajstić information content (AvgIpc) is 3.20. The summed E-state index contributed by atoms with van der Waals surface area (Å²) in [6.07, 6.45) is 3.37. The molecular formula is C22H22N4O. The second-order valence-corrected chi connectivity index (χ2v) is 7.13. The molecule has 1 aliphatic heterocycles. The van der Waals surface area contributed by atoms with Crippen LogP contribution in [0.4, 0.5) is 5.82 Å². The molecule has 0 saturated heterocycles. The van der Waals surface area contributed by atoms with Crippen LogP contribution in [0.15, 0.2) is 53.2 Å². The Labute approximate surface area is 158 Å². The zero-order valence-corrected chi connectivity index (χ0v) is 15.5. The molecule has 3 heterocycles. The molecule has 0 spiro atoms. The van der Waals surface area contributed by atoms with Crippen LogP contribution in [0.2, 0.25) is 0 Å². The number of Topliss-reactive ketones (excluding diaryl/α,β-unsaturated/α-hetero) is 1. The van der Waals surface area contributed by atoms with Crippen LogP contribution in [0.3, 0.4) is 0 Å². The van der Waals surface area contributed by atoms with E-state index in [1.165, 1.54) is 0 Å². The van der Waals surface area contributed by atoms with Crippen LogP contribution >= 0.6 is 0 Å². The summed E-state index contributed by atoms with van der Waals surface area (Å²) in [5.41, 5.74) is 12.7. The van der Waals surface area contributed by atoms with Gasteiger partial charge in [0.15, 0.2) is 5.78 Å². The van der Waals surface area contributed by atoms with Gasteiger partial charge in [0.1, 0.15) is 5.82 Å². The van der Waals surface area contributed by atoms with Crippen molar-refractivity contribution in [3.05, 3.63) is 65.0 Å². The molecule has 3 N–H and O–H groups in total. The van der Waals surface area contributed by atoms with Crippen LogP contribution < -0.4 is 5.73 Å². The van der Waals surface area contributed by atoms with Gasteiger partial charge >= 0.3 is 0 Å². The number of benzene rings is 1. The number of aromatic amines is 1. The van der Waals surface area contributed by atoms with Crippen LogP contribution in [-0.2, 0) is 11.2 Å². The summed E-state index contributed by atoms with van der Waals surface area (Å²) in [7, 11) is 0. The highest BCUT2D eigenvalue weighted by atomic mass is 16.1. The number of aliphatic imine (C=N–C) groups is 1. The first kappa shape index (κ1) is 17.2. The molecule has 3 aromatic rings. The van der Waals surface area contributed by atoms with Gasteiger partial charge in [0, 0.05) is 41.2 Å². The summed E-state index contributed by atoms with van der Waals surface area (Å²) in [5, 5.41) is 1.16. The van der Waals surface area contributed by atoms with Crippen molar-refractivity contribution >= 4 is 33.9 Å². The molecule has 0 amide bonds. The first-order valence-corrected chi connectivity index (χ1v) is 9.10.